The molecule has 0 bridgehead atoms. The minimum atomic E-state index is -0.881. The normalized spacial score (nSPS) is 22.4. The van der Waals surface area contributed by atoms with Crippen LogP contribution in [0.5, 0.6) is 0 Å². The molecular formula is C16H25N3O4. The summed E-state index contributed by atoms with van der Waals surface area (Å²) >= 11 is 0. The van der Waals surface area contributed by atoms with E-state index >= 15 is 0 Å². The zero-order chi connectivity index (χ0) is 17.2. The van der Waals surface area contributed by atoms with Crippen molar-refractivity contribution in [1.29, 1.82) is 0 Å². The van der Waals surface area contributed by atoms with Crippen LogP contribution < -0.4 is 0 Å². The number of carboxylic acids is 1. The first-order valence-corrected chi connectivity index (χ1v) is 7.82. The Kier molecular flexibility index (Phi) is 5.09. The van der Waals surface area contributed by atoms with Crippen molar-refractivity contribution in [2.24, 2.45) is 5.92 Å². The highest BCUT2D eigenvalue weighted by molar-refractivity contribution is 5.81. The first kappa shape index (κ1) is 17.5. The maximum atomic E-state index is 12.3. The summed E-state index contributed by atoms with van der Waals surface area (Å²) in [5, 5.41) is 13.9. The number of methoxy groups -OCH3 is 1. The van der Waals surface area contributed by atoms with Gasteiger partial charge in [-0.15, -0.1) is 0 Å². The highest BCUT2D eigenvalue weighted by Gasteiger charge is 2.41. The fourth-order valence-electron chi connectivity index (χ4n) is 2.93. The van der Waals surface area contributed by atoms with Crippen LogP contribution in [0.25, 0.3) is 0 Å². The third-order valence-corrected chi connectivity index (χ3v) is 4.19. The van der Waals surface area contributed by atoms with Crippen molar-refractivity contribution >= 4 is 11.9 Å². The number of aliphatic carboxylic acids is 1. The number of nitrogens with zero attached hydrogens (tertiary/aromatic N) is 3. The summed E-state index contributed by atoms with van der Waals surface area (Å²) in [6, 6.07) is -0.500. The lowest BCUT2D eigenvalue weighted by Gasteiger charge is -2.39. The van der Waals surface area contributed by atoms with E-state index in [1.165, 1.54) is 0 Å². The van der Waals surface area contributed by atoms with Crippen LogP contribution in [0.2, 0.25) is 0 Å². The van der Waals surface area contributed by atoms with Crippen LogP contribution in [0.3, 0.4) is 0 Å². The average Bonchev–Trinajstić information content (AvgIpc) is 2.94. The Morgan fingerprint density at radius 1 is 1.48 bits per heavy atom. The minimum Gasteiger partial charge on any atom is -0.481 e. The van der Waals surface area contributed by atoms with Crippen LogP contribution in [0, 0.1) is 5.92 Å². The monoisotopic (exact) mass is 323 g/mol. The molecule has 1 aliphatic rings. The maximum absolute atomic E-state index is 12.3. The van der Waals surface area contributed by atoms with Crippen molar-refractivity contribution in [2.45, 2.75) is 45.2 Å². The molecule has 2 rings (SSSR count). The average molecular weight is 323 g/mol. The van der Waals surface area contributed by atoms with Gasteiger partial charge in [-0.05, 0) is 27.2 Å². The molecule has 0 radical (unpaired) electrons. The van der Waals surface area contributed by atoms with Gasteiger partial charge >= 0.3 is 5.97 Å². The summed E-state index contributed by atoms with van der Waals surface area (Å²) in [6.07, 6.45) is 4.12. The zero-order valence-corrected chi connectivity index (χ0v) is 14.2. The summed E-state index contributed by atoms with van der Waals surface area (Å²) in [6.45, 7) is 6.82. The predicted octanol–water partition coefficient (Wildman–Crippen LogP) is 1.65. The van der Waals surface area contributed by atoms with Crippen molar-refractivity contribution in [2.75, 3.05) is 20.3 Å². The van der Waals surface area contributed by atoms with Crippen molar-refractivity contribution in [3.05, 3.63) is 18.0 Å². The van der Waals surface area contributed by atoms with Crippen molar-refractivity contribution in [3.8, 4) is 0 Å². The van der Waals surface area contributed by atoms with Gasteiger partial charge in [-0.1, -0.05) is 0 Å². The van der Waals surface area contributed by atoms with Crippen LogP contribution in [0.15, 0.2) is 12.4 Å². The fraction of sp³-hybridized carbons (Fsp3) is 0.688. The molecule has 1 saturated heterocycles. The van der Waals surface area contributed by atoms with E-state index < -0.39 is 17.9 Å². The van der Waals surface area contributed by atoms with Crippen molar-refractivity contribution in [3.63, 3.8) is 0 Å². The Bertz CT molecular complexity index is 576. The Labute approximate surface area is 136 Å². The molecule has 128 valence electrons. The molecule has 1 aromatic rings. The lowest BCUT2D eigenvalue weighted by atomic mass is 9.85. The molecule has 7 heteroatoms. The van der Waals surface area contributed by atoms with Crippen LogP contribution in [-0.4, -0.2) is 51.9 Å². The van der Waals surface area contributed by atoms with E-state index in [4.69, 9.17) is 4.74 Å². The van der Waals surface area contributed by atoms with Gasteiger partial charge in [0.15, 0.2) is 0 Å². The highest BCUT2D eigenvalue weighted by Crippen LogP contribution is 2.37. The van der Waals surface area contributed by atoms with Gasteiger partial charge in [0, 0.05) is 31.8 Å². The van der Waals surface area contributed by atoms with Gasteiger partial charge < -0.3 is 14.7 Å². The number of hydrogen-bond acceptors (Lipinski definition) is 4. The summed E-state index contributed by atoms with van der Waals surface area (Å²) in [5.74, 6) is -1.54. The van der Waals surface area contributed by atoms with Gasteiger partial charge in [0.25, 0.3) is 0 Å². The molecule has 1 N–H and O–H groups in total. The van der Waals surface area contributed by atoms with E-state index in [0.717, 1.165) is 5.56 Å². The summed E-state index contributed by atoms with van der Waals surface area (Å²) in [7, 11) is 1.57. The van der Waals surface area contributed by atoms with Gasteiger partial charge in [-0.3, -0.25) is 14.3 Å². The Balaban J connectivity index is 2.38. The van der Waals surface area contributed by atoms with Gasteiger partial charge in [-0.25, -0.2) is 0 Å². The summed E-state index contributed by atoms with van der Waals surface area (Å²) < 4.78 is 6.87. The quantitative estimate of drug-likeness (QED) is 0.890. The van der Waals surface area contributed by atoms with E-state index in [0.29, 0.717) is 19.6 Å². The second kappa shape index (κ2) is 6.70. The Morgan fingerprint density at radius 2 is 2.17 bits per heavy atom. The lowest BCUT2D eigenvalue weighted by molar-refractivity contribution is -0.152. The molecule has 7 nitrogen and oxygen atoms in total. The zero-order valence-electron chi connectivity index (χ0n) is 14.2. The second-order valence-electron chi connectivity index (χ2n) is 6.90. The van der Waals surface area contributed by atoms with E-state index in [-0.39, 0.29) is 17.9 Å². The molecule has 1 aromatic heterocycles. The number of amides is 1. The van der Waals surface area contributed by atoms with Gasteiger partial charge in [0.05, 0.1) is 30.3 Å². The standard InChI is InChI=1S/C16H25N3O4/c1-16(2,3)19-10-11(9-17-19)14-12(15(21)22)5-6-13(20)18(14)7-8-23-4/h9-10,12,14H,5-8H2,1-4H3,(H,21,22)/t12-,14-/m0/s1. The number of carboxylic acid groups (broad SMARTS) is 1. The molecule has 2 atom stereocenters. The number of carbonyl (C=O) groups excluding carboxylic acids is 1. The summed E-state index contributed by atoms with van der Waals surface area (Å²) in [5.41, 5.74) is 0.559. The van der Waals surface area contributed by atoms with E-state index in [2.05, 4.69) is 5.10 Å². The third kappa shape index (κ3) is 3.72. The topological polar surface area (TPSA) is 84.7 Å². The number of hydrogen-bond donors (Lipinski definition) is 1. The molecule has 0 saturated carbocycles. The smallest absolute Gasteiger partial charge is 0.308 e. The second-order valence-corrected chi connectivity index (χ2v) is 6.90. The van der Waals surface area contributed by atoms with Gasteiger partial charge in [0.2, 0.25) is 5.91 Å². The minimum absolute atomic E-state index is 0.0342. The molecule has 0 unspecified atom stereocenters. The molecule has 0 aromatic carbocycles. The predicted molar refractivity (Wildman–Crippen MR) is 83.9 cm³/mol. The third-order valence-electron chi connectivity index (χ3n) is 4.19. The van der Waals surface area contributed by atoms with Gasteiger partial charge in [-0.2, -0.15) is 5.10 Å². The number of aromatic nitrogens is 2. The van der Waals surface area contributed by atoms with E-state index in [1.54, 1.807) is 22.9 Å². The Hall–Kier alpha value is -1.89. The van der Waals surface area contributed by atoms with Crippen molar-refractivity contribution in [1.82, 2.24) is 14.7 Å². The van der Waals surface area contributed by atoms with Crippen LogP contribution in [-0.2, 0) is 19.9 Å². The largest absolute Gasteiger partial charge is 0.481 e. The van der Waals surface area contributed by atoms with Crippen molar-refractivity contribution < 1.29 is 19.4 Å². The van der Waals surface area contributed by atoms with E-state index in [1.807, 2.05) is 27.0 Å². The number of ether oxygens (including phenoxy) is 1. The van der Waals surface area contributed by atoms with Gasteiger partial charge in [0.1, 0.15) is 0 Å². The number of piperidine rings is 1. The number of likely N-dealkylation sites (tertiary alicyclic amines) is 1. The maximum Gasteiger partial charge on any atom is 0.308 e. The van der Waals surface area contributed by atoms with Crippen LogP contribution in [0.4, 0.5) is 0 Å². The number of carbonyl (C=O) groups is 2. The molecule has 1 fully saturated rings. The van der Waals surface area contributed by atoms with E-state index in [9.17, 15) is 14.7 Å². The molecule has 1 aliphatic heterocycles. The fourth-order valence-corrected chi connectivity index (χ4v) is 2.93. The summed E-state index contributed by atoms with van der Waals surface area (Å²) in [4.78, 5) is 25.6. The van der Waals surface area contributed by atoms with Crippen LogP contribution in [0.1, 0.15) is 45.2 Å². The first-order chi connectivity index (χ1) is 10.8. The lowest BCUT2D eigenvalue weighted by Crippen LogP contribution is -2.46. The van der Waals surface area contributed by atoms with Crippen LogP contribution >= 0.6 is 0 Å². The SMILES string of the molecule is COCCN1C(=O)CC[C@H](C(=O)O)[C@@H]1c1cnn(C(C)(C)C)c1. The molecule has 23 heavy (non-hydrogen) atoms. The molecule has 1 amide bonds. The highest BCUT2D eigenvalue weighted by atomic mass is 16.5. The Morgan fingerprint density at radius 3 is 2.70 bits per heavy atom. The molecule has 2 heterocycles. The molecular weight excluding hydrogens is 298 g/mol. The molecule has 0 aliphatic carbocycles. The first-order valence-electron chi connectivity index (χ1n) is 7.82. The number of rotatable bonds is 5. The molecule has 0 spiro atoms.